The highest BCUT2D eigenvalue weighted by atomic mass is 16.3. The largest absolute Gasteiger partial charge is 0.456 e. The predicted octanol–water partition coefficient (Wildman–Crippen LogP) is 32.5. The summed E-state index contributed by atoms with van der Waals surface area (Å²) < 4.78 is 26.7. The Bertz CT molecular complexity index is 9340. The molecule has 0 aliphatic heterocycles. The second-order valence-corrected chi connectivity index (χ2v) is 37.1. The van der Waals surface area contributed by atoms with Crippen molar-refractivity contribution < 1.29 is 13.3 Å². The fourth-order valence-electron chi connectivity index (χ4n) is 22.9. The molecule has 3 aliphatic rings. The summed E-state index contributed by atoms with van der Waals surface area (Å²) in [5.41, 5.74) is 34.5. The molecule has 0 N–H and O–H groups in total. The molecule has 0 unspecified atom stereocenters. The molecule has 0 fully saturated rings. The highest BCUT2D eigenvalue weighted by molar-refractivity contribution is 6.24. The molecule has 19 aromatic carbocycles. The molecule has 9 heteroatoms. The molecule has 9 nitrogen and oxygen atoms in total. The van der Waals surface area contributed by atoms with Gasteiger partial charge in [-0.05, 0) is 175 Å². The van der Waals surface area contributed by atoms with Crippen LogP contribution >= 0.6 is 0 Å². The standard InChI is InChI=1S/C48H32N4O.C41H27NO.C33H23NO/c1-48(2)38-28-42-37(33-20-10-12-23-41(33)53-42)27-36(38)34-24-25-40-43(44(34)48)35-21-9-11-22-39(35)52(40)32-19-13-18-31(26-32)47-50-45(29-14-5-3-6-15-29)49-46(51-47)30-16-7-4-8-17-30;1-41(2)32-19-20-35-40(39(32)31-22-30-28-15-8-10-18-37(28)43-38(30)23-33(31)41)29-16-7-9-17-34(29)42(35)36-21-24-11-3-4-12-25(24)26-13-5-6-14-27(26)36;1-33(2)25-18-16-23-21-12-6-8-14-27(21)34(20-10-4-3-5-11-20)31(23)29(25)30-26(33)19-17-24-22-13-7-9-15-28(22)35-32(24)30/h3-28H,1-2H3;3-23H,1-2H3;3-19H,1-2H3. The molecule has 0 saturated heterocycles. The lowest BCUT2D eigenvalue weighted by molar-refractivity contribution is 0.647. The zero-order valence-electron chi connectivity index (χ0n) is 72.9. The minimum Gasteiger partial charge on any atom is -0.456 e. The average molecular weight is 1680 g/mol. The fraction of sp³-hybridized carbons (Fsp3) is 0.0738. The summed E-state index contributed by atoms with van der Waals surface area (Å²) in [7, 11) is 0. The summed E-state index contributed by atoms with van der Waals surface area (Å²) in [4.78, 5) is 15.0. The van der Waals surface area contributed by atoms with Gasteiger partial charge in [-0.3, -0.25) is 0 Å². The molecule has 0 atom stereocenters. The predicted molar refractivity (Wildman–Crippen MR) is 542 cm³/mol. The minimum atomic E-state index is -0.249. The SMILES string of the molecule is CC1(C)c2cc3oc4ccccc4c3cc2-c2c1ccc1c2c2ccccc2n1-c1cc2ccccc2c2ccccc12.CC1(C)c2cc3oc4ccccc4c3cc2-c2ccc3c(c21)c1ccccc1n3-c1cccc(-c2nc(-c3ccccc3)nc(-c3ccccc3)n2)c1.CC1(C)c2ccc3c(oc4ccccc43)c2-c2c1ccc1c3ccccc3n(-c3ccccc3)c21. The van der Waals surface area contributed by atoms with Crippen molar-refractivity contribution in [1.29, 1.82) is 0 Å². The van der Waals surface area contributed by atoms with Crippen LogP contribution in [0.15, 0.2) is 401 Å². The highest BCUT2D eigenvalue weighted by Gasteiger charge is 2.43. The van der Waals surface area contributed by atoms with Crippen LogP contribution in [0.5, 0.6) is 0 Å². The topological polar surface area (TPSA) is 92.9 Å². The van der Waals surface area contributed by atoms with E-state index < -0.39 is 0 Å². The van der Waals surface area contributed by atoms with Gasteiger partial charge in [0.05, 0.1) is 38.8 Å². The number of furan rings is 3. The maximum atomic E-state index is 6.60. The maximum absolute atomic E-state index is 6.60. The summed E-state index contributed by atoms with van der Waals surface area (Å²) in [6.45, 7) is 14.1. The number of nitrogens with zero attached hydrogens (tertiary/aromatic N) is 6. The van der Waals surface area contributed by atoms with Gasteiger partial charge in [-0.1, -0.05) is 327 Å². The van der Waals surface area contributed by atoms with E-state index in [0.29, 0.717) is 17.5 Å². The average Bonchev–Trinajstić information content (AvgIpc) is 1.53. The van der Waals surface area contributed by atoms with E-state index in [4.69, 9.17) is 28.2 Å². The van der Waals surface area contributed by atoms with Gasteiger partial charge in [0, 0.05) is 125 Å². The number of rotatable bonds is 6. The van der Waals surface area contributed by atoms with E-state index in [1.165, 1.54) is 181 Å². The molecule has 26 aromatic rings. The van der Waals surface area contributed by atoms with Gasteiger partial charge < -0.3 is 27.0 Å². The van der Waals surface area contributed by atoms with Crippen LogP contribution in [0.3, 0.4) is 0 Å². The van der Waals surface area contributed by atoms with Crippen molar-refractivity contribution in [2.45, 2.75) is 57.8 Å². The van der Waals surface area contributed by atoms with Crippen LogP contribution in [-0.4, -0.2) is 28.7 Å². The van der Waals surface area contributed by atoms with Crippen molar-refractivity contribution in [2.24, 2.45) is 0 Å². The first-order valence-electron chi connectivity index (χ1n) is 45.3. The van der Waals surface area contributed by atoms with E-state index in [0.717, 1.165) is 72.2 Å². The molecule has 3 aliphatic carbocycles. The van der Waals surface area contributed by atoms with Gasteiger partial charge in [-0.2, -0.15) is 0 Å². The van der Waals surface area contributed by atoms with Gasteiger partial charge in [-0.25, -0.2) is 15.0 Å². The quantitative estimate of drug-likeness (QED) is 0.154. The molecule has 0 bridgehead atoms. The second kappa shape index (κ2) is 27.8. The molecule has 0 saturated carbocycles. The van der Waals surface area contributed by atoms with Gasteiger partial charge >= 0.3 is 0 Å². The molecule has 7 heterocycles. The number of benzene rings is 19. The molecule has 29 rings (SSSR count). The number of para-hydroxylation sites is 7. The van der Waals surface area contributed by atoms with Crippen molar-refractivity contribution in [3.8, 4) is 84.6 Å². The van der Waals surface area contributed by atoms with E-state index >= 15 is 0 Å². The smallest absolute Gasteiger partial charge is 0.164 e. The lowest BCUT2D eigenvalue weighted by Gasteiger charge is -2.22. The Balaban J connectivity index is 0.000000103. The molecular weight excluding hydrogens is 1600 g/mol. The molecule has 618 valence electrons. The monoisotopic (exact) mass is 1680 g/mol. The van der Waals surface area contributed by atoms with Gasteiger partial charge in [0.15, 0.2) is 17.5 Å². The van der Waals surface area contributed by atoms with Crippen LogP contribution in [0.4, 0.5) is 0 Å². The Hall–Kier alpha value is -16.5. The first-order chi connectivity index (χ1) is 64.3. The molecular formula is C122H82N6O3. The first kappa shape index (κ1) is 74.7. The molecule has 7 aromatic heterocycles. The van der Waals surface area contributed by atoms with Crippen LogP contribution in [0.25, 0.3) is 237 Å². The van der Waals surface area contributed by atoms with Crippen LogP contribution in [-0.2, 0) is 16.2 Å². The third-order valence-corrected chi connectivity index (χ3v) is 29.0. The van der Waals surface area contributed by atoms with E-state index in [9.17, 15) is 0 Å². The van der Waals surface area contributed by atoms with Crippen molar-refractivity contribution in [3.63, 3.8) is 0 Å². The minimum absolute atomic E-state index is 0.121. The van der Waals surface area contributed by atoms with Gasteiger partial charge in [0.25, 0.3) is 0 Å². The Kier molecular flexibility index (Phi) is 15.8. The molecule has 0 amide bonds. The molecule has 0 radical (unpaired) electrons. The summed E-state index contributed by atoms with van der Waals surface area (Å²) in [5, 5.41) is 19.8. The third-order valence-electron chi connectivity index (χ3n) is 29.0. The fourth-order valence-corrected chi connectivity index (χ4v) is 22.9. The number of hydrogen-bond acceptors (Lipinski definition) is 6. The second-order valence-electron chi connectivity index (χ2n) is 37.1. The van der Waals surface area contributed by atoms with Gasteiger partial charge in [0.2, 0.25) is 0 Å². The van der Waals surface area contributed by atoms with Crippen LogP contribution in [0.1, 0.15) is 74.9 Å². The van der Waals surface area contributed by atoms with E-state index in [1.807, 2.05) is 78.9 Å². The maximum Gasteiger partial charge on any atom is 0.164 e. The molecule has 0 spiro atoms. The Morgan fingerprint density at radius 1 is 0.229 bits per heavy atom. The summed E-state index contributed by atoms with van der Waals surface area (Å²) in [6.07, 6.45) is 0. The van der Waals surface area contributed by atoms with Gasteiger partial charge in [0.1, 0.15) is 33.5 Å². The Morgan fingerprint density at radius 3 is 1.32 bits per heavy atom. The first-order valence-corrected chi connectivity index (χ1v) is 45.3. The summed E-state index contributed by atoms with van der Waals surface area (Å²) in [6, 6.07) is 139. The lowest BCUT2D eigenvalue weighted by Crippen LogP contribution is -2.15. The lowest BCUT2D eigenvalue weighted by atomic mass is 9.80. The van der Waals surface area contributed by atoms with E-state index in [2.05, 4.69) is 365 Å². The van der Waals surface area contributed by atoms with Crippen LogP contribution in [0, 0.1) is 0 Å². The van der Waals surface area contributed by atoms with Gasteiger partial charge in [-0.15, -0.1) is 0 Å². The summed E-state index contributed by atoms with van der Waals surface area (Å²) in [5.74, 6) is 1.93. The zero-order chi connectivity index (χ0) is 87.0. The Morgan fingerprint density at radius 2 is 0.672 bits per heavy atom. The zero-order valence-corrected chi connectivity index (χ0v) is 72.9. The molecule has 131 heavy (non-hydrogen) atoms. The highest BCUT2D eigenvalue weighted by Crippen LogP contribution is 2.60. The normalized spacial score (nSPS) is 13.8. The van der Waals surface area contributed by atoms with E-state index in [1.54, 1.807) is 0 Å². The van der Waals surface area contributed by atoms with Crippen LogP contribution < -0.4 is 0 Å². The van der Waals surface area contributed by atoms with E-state index in [-0.39, 0.29) is 16.2 Å². The number of hydrogen-bond donors (Lipinski definition) is 0. The third kappa shape index (κ3) is 10.8. The van der Waals surface area contributed by atoms with Crippen molar-refractivity contribution in [2.75, 3.05) is 0 Å². The Labute approximate surface area is 753 Å². The summed E-state index contributed by atoms with van der Waals surface area (Å²) >= 11 is 0. The van der Waals surface area contributed by atoms with Crippen molar-refractivity contribution in [1.82, 2.24) is 28.7 Å². The number of aromatic nitrogens is 6. The van der Waals surface area contributed by atoms with Crippen molar-refractivity contribution in [3.05, 3.63) is 422 Å². The number of fused-ring (bicyclic) bond motifs is 34. The van der Waals surface area contributed by atoms with Crippen LogP contribution in [0.2, 0.25) is 0 Å². The van der Waals surface area contributed by atoms with Crippen molar-refractivity contribution >= 4 is 153 Å².